The molecule has 3 aliphatic heterocycles. The normalized spacial score (nSPS) is 22.1. The summed E-state index contributed by atoms with van der Waals surface area (Å²) in [5.74, 6) is 2.42. The van der Waals surface area contributed by atoms with E-state index in [2.05, 4.69) is 25.5 Å². The molecule has 3 aliphatic rings. The van der Waals surface area contributed by atoms with Gasteiger partial charge in [-0.25, -0.2) is 19.9 Å². The van der Waals surface area contributed by atoms with Gasteiger partial charge >= 0.3 is 0 Å². The van der Waals surface area contributed by atoms with Crippen molar-refractivity contribution in [2.45, 2.75) is 31.1 Å². The summed E-state index contributed by atoms with van der Waals surface area (Å²) in [6.07, 6.45) is 4.91. The molecule has 0 saturated carbocycles. The van der Waals surface area contributed by atoms with Crippen molar-refractivity contribution in [3.8, 4) is 17.0 Å². The van der Waals surface area contributed by atoms with E-state index in [1.165, 1.54) is 0 Å². The van der Waals surface area contributed by atoms with Crippen LogP contribution in [0.4, 0.5) is 5.95 Å². The molecule has 1 atom stereocenters. The molecule has 0 bridgehead atoms. The number of aliphatic hydroxyl groups is 1. The van der Waals surface area contributed by atoms with Crippen LogP contribution in [-0.2, 0) is 16.9 Å². The molecule has 0 amide bonds. The van der Waals surface area contributed by atoms with E-state index in [0.29, 0.717) is 25.8 Å². The number of aromatic nitrogens is 5. The molecule has 0 unspecified atom stereocenters. The lowest BCUT2D eigenvalue weighted by Crippen LogP contribution is -2.45. The molecule has 9 heteroatoms. The number of ether oxygens (including phenoxy) is 2. The fourth-order valence-corrected chi connectivity index (χ4v) is 5.33. The van der Waals surface area contributed by atoms with Crippen LogP contribution in [-0.4, -0.2) is 62.0 Å². The minimum atomic E-state index is -0.482. The Bertz CT molecular complexity index is 1380. The first-order chi connectivity index (χ1) is 16.7. The molecule has 3 aromatic heterocycles. The van der Waals surface area contributed by atoms with Crippen molar-refractivity contribution < 1.29 is 14.6 Å². The summed E-state index contributed by atoms with van der Waals surface area (Å²) in [6, 6.07) is 12.1. The smallest absolute Gasteiger partial charge is 0.225 e. The third kappa shape index (κ3) is 2.93. The molecule has 1 N–H and O–H groups in total. The fourth-order valence-electron chi connectivity index (χ4n) is 5.33. The number of fused-ring (bicyclic) bond motifs is 6. The average molecular weight is 457 g/mol. The number of aliphatic hydroxyl groups excluding tert-OH is 1. The van der Waals surface area contributed by atoms with E-state index in [4.69, 9.17) is 19.4 Å². The zero-order valence-electron chi connectivity index (χ0n) is 18.6. The Kier molecular flexibility index (Phi) is 4.37. The molecular formula is C25H24N6O3. The van der Waals surface area contributed by atoms with Gasteiger partial charge in [0, 0.05) is 36.6 Å². The van der Waals surface area contributed by atoms with E-state index in [0.717, 1.165) is 65.5 Å². The van der Waals surface area contributed by atoms with Crippen molar-refractivity contribution in [2.24, 2.45) is 0 Å². The SMILES string of the molecule is OC1CCN(c2ncc(-c3ccc4nc5n(c4n3)[C@@]3(COC5)COc4ccccc43)cn2)CC1. The number of anilines is 1. The van der Waals surface area contributed by atoms with Crippen molar-refractivity contribution >= 4 is 17.1 Å². The van der Waals surface area contributed by atoms with Gasteiger partial charge in [0.25, 0.3) is 0 Å². The number of hydrogen-bond acceptors (Lipinski definition) is 8. The second-order valence-electron chi connectivity index (χ2n) is 9.20. The number of rotatable bonds is 2. The number of imidazole rings is 1. The monoisotopic (exact) mass is 456 g/mol. The third-order valence-corrected chi connectivity index (χ3v) is 7.11. The minimum absolute atomic E-state index is 0.223. The van der Waals surface area contributed by atoms with Crippen LogP contribution in [0.25, 0.3) is 22.4 Å². The largest absolute Gasteiger partial charge is 0.490 e. The molecule has 1 saturated heterocycles. The molecule has 1 fully saturated rings. The van der Waals surface area contributed by atoms with Gasteiger partial charge in [-0.05, 0) is 31.0 Å². The zero-order valence-corrected chi connectivity index (χ0v) is 18.6. The van der Waals surface area contributed by atoms with Gasteiger partial charge in [0.05, 0.1) is 18.4 Å². The lowest BCUT2D eigenvalue weighted by molar-refractivity contribution is 0.0134. The molecular weight excluding hydrogens is 432 g/mol. The number of pyridine rings is 1. The van der Waals surface area contributed by atoms with E-state index in [-0.39, 0.29) is 6.10 Å². The summed E-state index contributed by atoms with van der Waals surface area (Å²) in [5, 5.41) is 9.75. The van der Waals surface area contributed by atoms with Crippen molar-refractivity contribution in [1.29, 1.82) is 0 Å². The predicted octanol–water partition coefficient (Wildman–Crippen LogP) is 2.52. The highest BCUT2D eigenvalue weighted by molar-refractivity contribution is 5.77. The first-order valence-electron chi connectivity index (χ1n) is 11.7. The van der Waals surface area contributed by atoms with E-state index >= 15 is 0 Å². The van der Waals surface area contributed by atoms with E-state index in [9.17, 15) is 5.11 Å². The average Bonchev–Trinajstić information content (AvgIpc) is 3.44. The third-order valence-electron chi connectivity index (χ3n) is 7.11. The van der Waals surface area contributed by atoms with Gasteiger partial charge < -0.3 is 19.5 Å². The van der Waals surface area contributed by atoms with E-state index in [1.54, 1.807) is 0 Å². The van der Waals surface area contributed by atoms with Gasteiger partial charge in [-0.2, -0.15) is 0 Å². The number of para-hydroxylation sites is 1. The molecule has 6 heterocycles. The molecule has 0 radical (unpaired) electrons. The molecule has 4 aromatic rings. The Morgan fingerprint density at radius 3 is 2.65 bits per heavy atom. The second-order valence-corrected chi connectivity index (χ2v) is 9.20. The van der Waals surface area contributed by atoms with Gasteiger partial charge in [-0.15, -0.1) is 0 Å². The van der Waals surface area contributed by atoms with Crippen molar-refractivity contribution in [1.82, 2.24) is 24.5 Å². The lowest BCUT2D eigenvalue weighted by atomic mass is 9.91. The van der Waals surface area contributed by atoms with Crippen molar-refractivity contribution in [3.05, 3.63) is 60.2 Å². The summed E-state index contributed by atoms with van der Waals surface area (Å²) < 4.78 is 14.2. The predicted molar refractivity (Wildman–Crippen MR) is 125 cm³/mol. The van der Waals surface area contributed by atoms with Crippen LogP contribution in [0.5, 0.6) is 5.75 Å². The number of hydrogen-bond donors (Lipinski definition) is 1. The lowest BCUT2D eigenvalue weighted by Gasteiger charge is -2.34. The highest BCUT2D eigenvalue weighted by Crippen LogP contribution is 2.44. The summed E-state index contributed by atoms with van der Waals surface area (Å²) >= 11 is 0. The Balaban J connectivity index is 1.29. The summed E-state index contributed by atoms with van der Waals surface area (Å²) in [4.78, 5) is 21.1. The Labute approximate surface area is 196 Å². The minimum Gasteiger partial charge on any atom is -0.490 e. The maximum absolute atomic E-state index is 9.75. The molecule has 0 aliphatic carbocycles. The van der Waals surface area contributed by atoms with Crippen LogP contribution in [0.3, 0.4) is 0 Å². The molecule has 34 heavy (non-hydrogen) atoms. The van der Waals surface area contributed by atoms with Crippen LogP contribution < -0.4 is 9.64 Å². The summed E-state index contributed by atoms with van der Waals surface area (Å²) in [7, 11) is 0. The maximum atomic E-state index is 9.75. The first-order valence-corrected chi connectivity index (χ1v) is 11.7. The van der Waals surface area contributed by atoms with Crippen molar-refractivity contribution in [3.63, 3.8) is 0 Å². The van der Waals surface area contributed by atoms with E-state index in [1.807, 2.05) is 42.7 Å². The number of benzene rings is 1. The van der Waals surface area contributed by atoms with Gasteiger partial charge in [-0.3, -0.25) is 4.57 Å². The van der Waals surface area contributed by atoms with Gasteiger partial charge in [0.2, 0.25) is 5.95 Å². The van der Waals surface area contributed by atoms with Crippen molar-refractivity contribution in [2.75, 3.05) is 31.2 Å². The fraction of sp³-hybridized carbons (Fsp3) is 0.360. The van der Waals surface area contributed by atoms with Gasteiger partial charge in [-0.1, -0.05) is 18.2 Å². The van der Waals surface area contributed by atoms with Gasteiger partial charge in [0.15, 0.2) is 5.65 Å². The second kappa shape index (κ2) is 7.48. The Morgan fingerprint density at radius 1 is 0.971 bits per heavy atom. The van der Waals surface area contributed by atoms with E-state index < -0.39 is 5.54 Å². The van der Waals surface area contributed by atoms with Crippen LogP contribution in [0.15, 0.2) is 48.8 Å². The zero-order chi connectivity index (χ0) is 22.7. The standard InChI is InChI=1S/C25H24N6O3/c32-17-7-9-30(10-8-17)24-26-11-16(12-27-24)19-5-6-20-23(29-19)31-22(28-20)13-33-14-25(31)15-34-21-4-2-1-3-18(21)25/h1-6,11-12,17,32H,7-10,13-15H2/t25-/m0/s1. The van der Waals surface area contributed by atoms with Crippen LogP contribution >= 0.6 is 0 Å². The first kappa shape index (κ1) is 19.9. The molecule has 1 spiro atoms. The number of piperidine rings is 1. The van der Waals surface area contributed by atoms with Crippen LogP contribution in [0, 0.1) is 0 Å². The summed E-state index contributed by atoms with van der Waals surface area (Å²) in [5.41, 5.74) is 3.90. The maximum Gasteiger partial charge on any atom is 0.225 e. The molecule has 9 nitrogen and oxygen atoms in total. The van der Waals surface area contributed by atoms with Crippen LogP contribution in [0.2, 0.25) is 0 Å². The number of nitrogens with zero attached hydrogens (tertiary/aromatic N) is 6. The Morgan fingerprint density at radius 2 is 1.79 bits per heavy atom. The highest BCUT2D eigenvalue weighted by Gasteiger charge is 2.47. The van der Waals surface area contributed by atoms with Gasteiger partial charge in [0.1, 0.15) is 35.8 Å². The Hall–Kier alpha value is -3.56. The molecule has 1 aromatic carbocycles. The van der Waals surface area contributed by atoms with Crippen LogP contribution in [0.1, 0.15) is 24.2 Å². The summed E-state index contributed by atoms with van der Waals surface area (Å²) in [6.45, 7) is 2.97. The molecule has 7 rings (SSSR count). The highest BCUT2D eigenvalue weighted by atomic mass is 16.5. The topological polar surface area (TPSA) is 98.4 Å². The quantitative estimate of drug-likeness (QED) is 0.491. The molecule has 172 valence electrons.